The van der Waals surface area contributed by atoms with Gasteiger partial charge in [0.15, 0.2) is 4.84 Å². The second-order valence-corrected chi connectivity index (χ2v) is 8.20. The van der Waals surface area contributed by atoms with E-state index in [2.05, 4.69) is 0 Å². The molecule has 1 aliphatic heterocycles. The van der Waals surface area contributed by atoms with Crippen molar-refractivity contribution in [1.29, 1.82) is 0 Å². The van der Waals surface area contributed by atoms with Crippen LogP contribution in [0.25, 0.3) is 0 Å². The van der Waals surface area contributed by atoms with Crippen LogP contribution in [-0.4, -0.2) is 54.2 Å². The molecule has 3 nitrogen and oxygen atoms in total. The molecular weight excluding hydrogens is 363 g/mol. The summed E-state index contributed by atoms with van der Waals surface area (Å²) >= 11 is 23.7. The third-order valence-electron chi connectivity index (χ3n) is 2.93. The van der Waals surface area contributed by atoms with Gasteiger partial charge >= 0.3 is 29.6 Å². The van der Waals surface area contributed by atoms with Gasteiger partial charge in [0.25, 0.3) is 0 Å². The molecule has 9 heteroatoms. The number of halogens is 4. The van der Waals surface area contributed by atoms with Crippen LogP contribution in [0.4, 0.5) is 0 Å². The van der Waals surface area contributed by atoms with Gasteiger partial charge in [0, 0.05) is 11.9 Å². The Balaban J connectivity index is 0.00000180. The second-order valence-electron chi connectivity index (χ2n) is 4.08. The van der Waals surface area contributed by atoms with Crippen molar-refractivity contribution in [2.75, 3.05) is 0 Å². The normalized spacial score (nSPS) is 26.7. The van der Waals surface area contributed by atoms with Gasteiger partial charge in [-0.2, -0.15) is 0 Å². The summed E-state index contributed by atoms with van der Waals surface area (Å²) in [4.78, 5) is 23.1. The molecule has 2 rings (SSSR count). The van der Waals surface area contributed by atoms with Crippen molar-refractivity contribution in [3.63, 3.8) is 0 Å². The number of allylic oxidation sites excluding steroid dienone is 2. The molecule has 19 heavy (non-hydrogen) atoms. The first-order valence-electron chi connectivity index (χ1n) is 5.22. The van der Waals surface area contributed by atoms with Crippen molar-refractivity contribution in [3.05, 3.63) is 12.2 Å². The number of nitrogens with zero attached hydrogens (tertiary/aromatic N) is 1. The van der Waals surface area contributed by atoms with Crippen molar-refractivity contribution in [2.24, 2.45) is 11.8 Å². The summed E-state index contributed by atoms with van der Waals surface area (Å²) < 4.78 is -0.630. The van der Waals surface area contributed by atoms with Gasteiger partial charge < -0.3 is 0 Å². The number of carbonyl (C=O) groups is 2. The van der Waals surface area contributed by atoms with Crippen molar-refractivity contribution >= 4 is 99.7 Å². The van der Waals surface area contributed by atoms with Crippen molar-refractivity contribution in [2.45, 2.75) is 21.3 Å². The molecule has 2 aliphatic rings. The predicted molar refractivity (Wildman–Crippen MR) is 81.9 cm³/mol. The van der Waals surface area contributed by atoms with Crippen LogP contribution >= 0.6 is 58.4 Å². The summed E-state index contributed by atoms with van der Waals surface area (Å²) in [6.45, 7) is 0. The van der Waals surface area contributed by atoms with E-state index in [-0.39, 0.29) is 53.2 Å². The molecule has 0 aromatic heterocycles. The molecule has 2 amide bonds. The van der Waals surface area contributed by atoms with E-state index in [0.29, 0.717) is 24.8 Å². The van der Waals surface area contributed by atoms with E-state index in [4.69, 9.17) is 46.4 Å². The van der Waals surface area contributed by atoms with E-state index in [0.717, 1.165) is 4.31 Å². The maximum absolute atomic E-state index is 12.1. The summed E-state index contributed by atoms with van der Waals surface area (Å²) in [5, 5.41) is 0. The Morgan fingerprint density at radius 3 is 1.95 bits per heavy atom. The summed E-state index contributed by atoms with van der Waals surface area (Å²) in [7, 11) is 0. The molecule has 0 radical (unpaired) electrons. The third-order valence-corrected chi connectivity index (χ3v) is 6.17. The summed E-state index contributed by atoms with van der Waals surface area (Å²) in [6, 6.07) is 0. The first kappa shape index (κ1) is 18.4. The average molecular weight is 373 g/mol. The molecule has 0 aromatic rings. The van der Waals surface area contributed by atoms with Crippen LogP contribution in [0.1, 0.15) is 12.8 Å². The van der Waals surface area contributed by atoms with E-state index in [9.17, 15) is 9.59 Å². The Kier molecular flexibility index (Phi) is 6.89. The van der Waals surface area contributed by atoms with Crippen LogP contribution in [-0.2, 0) is 9.59 Å². The van der Waals surface area contributed by atoms with Gasteiger partial charge in [-0.3, -0.25) is 9.59 Å². The quantitative estimate of drug-likeness (QED) is 0.251. The summed E-state index contributed by atoms with van der Waals surface area (Å²) in [6.07, 6.45) is 4.94. The molecule has 0 N–H and O–H groups in total. The predicted octanol–water partition coefficient (Wildman–Crippen LogP) is 2.87. The minimum absolute atomic E-state index is 0. The number of rotatable bonds is 3. The Hall–Kier alpha value is 1.39. The molecule has 1 aliphatic carbocycles. The molecule has 1 saturated heterocycles. The van der Waals surface area contributed by atoms with Crippen molar-refractivity contribution < 1.29 is 9.59 Å². The van der Waals surface area contributed by atoms with Crippen molar-refractivity contribution in [3.8, 4) is 0 Å². The van der Waals surface area contributed by atoms with E-state index in [1.54, 1.807) is 0 Å². The molecule has 2 atom stereocenters. The maximum atomic E-state index is 12.1. The van der Waals surface area contributed by atoms with Crippen LogP contribution in [0.15, 0.2) is 12.2 Å². The van der Waals surface area contributed by atoms with E-state index in [1.165, 1.54) is 0 Å². The van der Waals surface area contributed by atoms with Gasteiger partial charge in [-0.15, -0.1) is 23.2 Å². The Morgan fingerprint density at radius 2 is 1.58 bits per heavy atom. The average Bonchev–Trinajstić information content (AvgIpc) is 2.55. The first-order chi connectivity index (χ1) is 8.34. The summed E-state index contributed by atoms with van der Waals surface area (Å²) in [5.74, 6) is -1.19. The number of amides is 2. The molecular formula is C10H10Cl4NNaO2S. The fourth-order valence-electron chi connectivity index (χ4n) is 2.02. The molecule has 1 fully saturated rings. The molecule has 102 valence electrons. The standard InChI is InChI=1S/C10H9Cl4NO2S.Na.H/c11-9(12)10(13,14)18-15-7(16)5-3-1-2-4-6(5)8(15)17;;/h1-2,5-6,9H,3-4H2;;. The zero-order valence-electron chi connectivity index (χ0n) is 8.98. The number of fused-ring (bicyclic) bond motifs is 1. The van der Waals surface area contributed by atoms with Gasteiger partial charge in [0.05, 0.1) is 11.8 Å². The number of carbonyl (C=O) groups excluding carboxylic acids is 2. The second kappa shape index (κ2) is 7.10. The molecule has 0 saturated carbocycles. The van der Waals surface area contributed by atoms with E-state index < -0.39 is 8.50 Å². The fourth-order valence-corrected chi connectivity index (χ4v) is 3.45. The number of alkyl halides is 4. The molecule has 0 spiro atoms. The van der Waals surface area contributed by atoms with Gasteiger partial charge in [0.1, 0.15) is 0 Å². The van der Waals surface area contributed by atoms with Crippen molar-refractivity contribution in [1.82, 2.24) is 4.31 Å². The topological polar surface area (TPSA) is 37.4 Å². The summed E-state index contributed by atoms with van der Waals surface area (Å²) in [5.41, 5.74) is 0. The van der Waals surface area contributed by atoms with Crippen LogP contribution in [0.3, 0.4) is 0 Å². The number of hydrogen-bond acceptors (Lipinski definition) is 3. The fraction of sp³-hybridized carbons (Fsp3) is 0.600. The van der Waals surface area contributed by atoms with Gasteiger partial charge in [-0.05, 0) is 12.8 Å². The van der Waals surface area contributed by atoms with Gasteiger partial charge in [0.2, 0.25) is 15.5 Å². The van der Waals surface area contributed by atoms with E-state index in [1.807, 2.05) is 12.2 Å². The molecule has 1 heterocycles. The van der Waals surface area contributed by atoms with E-state index >= 15 is 0 Å². The van der Waals surface area contributed by atoms with Crippen LogP contribution in [0.5, 0.6) is 0 Å². The number of hydrogen-bond donors (Lipinski definition) is 0. The zero-order chi connectivity index (χ0) is 13.5. The molecule has 2 unspecified atom stereocenters. The monoisotopic (exact) mass is 371 g/mol. The first-order valence-corrected chi connectivity index (χ1v) is 7.62. The van der Waals surface area contributed by atoms with Gasteiger partial charge in [-0.25, -0.2) is 4.31 Å². The van der Waals surface area contributed by atoms with Crippen LogP contribution in [0.2, 0.25) is 0 Å². The third kappa shape index (κ3) is 3.78. The Bertz CT molecular complexity index is 392. The Labute approximate surface area is 157 Å². The van der Waals surface area contributed by atoms with Gasteiger partial charge in [-0.1, -0.05) is 35.4 Å². The van der Waals surface area contributed by atoms with Crippen LogP contribution < -0.4 is 0 Å². The minimum atomic E-state index is -1.63. The number of imide groups is 1. The zero-order valence-corrected chi connectivity index (χ0v) is 12.8. The SMILES string of the molecule is O=C1C2CC=CCC2C(=O)N1SC(Cl)(Cl)C(Cl)Cl.[NaH]. The molecule has 0 bridgehead atoms. The van der Waals surface area contributed by atoms with Crippen LogP contribution in [0, 0.1) is 11.8 Å². The Morgan fingerprint density at radius 1 is 1.16 bits per heavy atom. The molecule has 0 aromatic carbocycles.